The second kappa shape index (κ2) is 4.20. The van der Waals surface area contributed by atoms with Crippen LogP contribution in [0, 0.1) is 22.6 Å². The molecule has 4 atom stereocenters. The monoisotopic (exact) mass is 273 g/mol. The van der Waals surface area contributed by atoms with E-state index in [9.17, 15) is 9.65 Å². The Balaban J connectivity index is 1.53. The molecule has 0 radical (unpaired) electrons. The summed E-state index contributed by atoms with van der Waals surface area (Å²) in [6.07, 6.45) is 4.52. The number of rotatable bonds is 2. The van der Waals surface area contributed by atoms with Gasteiger partial charge in [-0.1, -0.05) is 0 Å². The number of fused-ring (bicyclic) bond motifs is 3. The molecule has 0 aliphatic carbocycles. The van der Waals surface area contributed by atoms with E-state index in [-0.39, 0.29) is 24.1 Å². The molecule has 104 valence electrons. The van der Waals surface area contributed by atoms with Gasteiger partial charge in [0, 0.05) is 18.4 Å². The number of halogens is 1. The summed E-state index contributed by atoms with van der Waals surface area (Å²) in [6.45, 7) is 0. The first-order chi connectivity index (χ1) is 9.68. The Morgan fingerprint density at radius 3 is 3.00 bits per heavy atom. The molecule has 0 aromatic heterocycles. The topological polar surface area (TPSA) is 42.2 Å². The Kier molecular flexibility index (Phi) is 2.55. The molecule has 3 heterocycles. The van der Waals surface area contributed by atoms with Crippen LogP contribution in [0.1, 0.15) is 31.2 Å². The molecular formula is C16H16FNO2. The fraction of sp³-hybridized carbons (Fsp3) is 0.562. The molecule has 2 saturated heterocycles. The molecule has 4 unspecified atom stereocenters. The highest BCUT2D eigenvalue weighted by molar-refractivity contribution is 5.38. The van der Waals surface area contributed by atoms with Crippen molar-refractivity contribution in [3.8, 4) is 11.8 Å². The molecule has 0 N–H and O–H groups in total. The number of benzene rings is 1. The van der Waals surface area contributed by atoms with Gasteiger partial charge < -0.3 is 9.47 Å². The summed E-state index contributed by atoms with van der Waals surface area (Å²) in [5.41, 5.74) is 0.501. The smallest absolute Gasteiger partial charge is 0.123 e. The van der Waals surface area contributed by atoms with E-state index < -0.39 is 5.41 Å². The molecule has 2 bridgehead atoms. The van der Waals surface area contributed by atoms with E-state index in [2.05, 4.69) is 6.07 Å². The average Bonchev–Trinajstić information content (AvgIpc) is 3.11. The standard InChI is InChI=1S/C16H16FNO2/c17-11-1-3-14-10(5-11)6-13(19-14)8-16(9-18)7-12-2-4-15(16)20-12/h1,3,5,12-13,15H,2,4,6-8H2. The molecule has 0 spiro atoms. The third-order valence-electron chi connectivity index (χ3n) is 4.89. The van der Waals surface area contributed by atoms with E-state index in [1.54, 1.807) is 6.07 Å². The van der Waals surface area contributed by atoms with Crippen molar-refractivity contribution in [3.63, 3.8) is 0 Å². The van der Waals surface area contributed by atoms with Gasteiger partial charge in [-0.2, -0.15) is 5.26 Å². The minimum absolute atomic E-state index is 0.0330. The van der Waals surface area contributed by atoms with E-state index in [0.717, 1.165) is 30.6 Å². The van der Waals surface area contributed by atoms with Crippen LogP contribution in [0.15, 0.2) is 18.2 Å². The quantitative estimate of drug-likeness (QED) is 0.832. The molecular weight excluding hydrogens is 257 g/mol. The summed E-state index contributed by atoms with van der Waals surface area (Å²) in [4.78, 5) is 0. The van der Waals surface area contributed by atoms with Gasteiger partial charge in [0.25, 0.3) is 0 Å². The van der Waals surface area contributed by atoms with E-state index in [1.807, 2.05) is 0 Å². The molecule has 4 heteroatoms. The molecule has 0 amide bonds. The van der Waals surface area contributed by atoms with Crippen molar-refractivity contribution in [1.29, 1.82) is 5.26 Å². The van der Waals surface area contributed by atoms with Gasteiger partial charge in [-0.25, -0.2) is 4.39 Å². The number of nitrogens with zero attached hydrogens (tertiary/aromatic N) is 1. The van der Waals surface area contributed by atoms with Crippen LogP contribution in [-0.2, 0) is 11.2 Å². The maximum atomic E-state index is 13.2. The summed E-state index contributed by atoms with van der Waals surface area (Å²) >= 11 is 0. The zero-order valence-electron chi connectivity index (χ0n) is 11.1. The van der Waals surface area contributed by atoms with Gasteiger partial charge in [-0.3, -0.25) is 0 Å². The van der Waals surface area contributed by atoms with Gasteiger partial charge in [0.1, 0.15) is 17.7 Å². The van der Waals surface area contributed by atoms with Crippen molar-refractivity contribution in [3.05, 3.63) is 29.6 Å². The number of nitriles is 1. The highest BCUT2D eigenvalue weighted by Crippen LogP contribution is 2.51. The Labute approximate surface area is 117 Å². The fourth-order valence-corrected chi connectivity index (χ4v) is 3.99. The van der Waals surface area contributed by atoms with E-state index in [4.69, 9.17) is 9.47 Å². The van der Waals surface area contributed by atoms with Crippen molar-refractivity contribution < 1.29 is 13.9 Å². The van der Waals surface area contributed by atoms with Crippen LogP contribution < -0.4 is 4.74 Å². The lowest BCUT2D eigenvalue weighted by molar-refractivity contribution is 0.0616. The maximum absolute atomic E-state index is 13.2. The van der Waals surface area contributed by atoms with Crippen LogP contribution in [0.2, 0.25) is 0 Å². The summed E-state index contributed by atoms with van der Waals surface area (Å²) < 4.78 is 25.0. The van der Waals surface area contributed by atoms with Crippen LogP contribution in [0.3, 0.4) is 0 Å². The van der Waals surface area contributed by atoms with Crippen molar-refractivity contribution in [2.45, 2.75) is 50.4 Å². The zero-order valence-corrected chi connectivity index (χ0v) is 11.1. The van der Waals surface area contributed by atoms with Crippen molar-refractivity contribution in [2.75, 3.05) is 0 Å². The van der Waals surface area contributed by atoms with Crippen LogP contribution in [0.25, 0.3) is 0 Å². The normalized spacial score (nSPS) is 37.5. The van der Waals surface area contributed by atoms with Crippen LogP contribution in [0.4, 0.5) is 4.39 Å². The first kappa shape index (κ1) is 12.2. The SMILES string of the molecule is N#CC1(CC2Cc3cc(F)ccc3O2)CC2CCC1O2. The van der Waals surface area contributed by atoms with Gasteiger partial charge >= 0.3 is 0 Å². The molecule has 2 fully saturated rings. The molecule has 4 rings (SSSR count). The molecule has 3 nitrogen and oxygen atoms in total. The van der Waals surface area contributed by atoms with Gasteiger partial charge in [-0.15, -0.1) is 0 Å². The molecule has 1 aromatic carbocycles. The van der Waals surface area contributed by atoms with E-state index in [0.29, 0.717) is 12.8 Å². The van der Waals surface area contributed by atoms with Crippen LogP contribution >= 0.6 is 0 Å². The Hall–Kier alpha value is -1.60. The highest BCUT2D eigenvalue weighted by Gasteiger charge is 2.54. The lowest BCUT2D eigenvalue weighted by Gasteiger charge is -2.30. The lowest BCUT2D eigenvalue weighted by atomic mass is 9.71. The lowest BCUT2D eigenvalue weighted by Crippen LogP contribution is -2.36. The largest absolute Gasteiger partial charge is 0.490 e. The Bertz CT molecular complexity index is 597. The average molecular weight is 273 g/mol. The van der Waals surface area contributed by atoms with E-state index in [1.165, 1.54) is 12.1 Å². The van der Waals surface area contributed by atoms with Crippen LogP contribution in [-0.4, -0.2) is 18.3 Å². The molecule has 20 heavy (non-hydrogen) atoms. The predicted molar refractivity (Wildman–Crippen MR) is 69.7 cm³/mol. The third kappa shape index (κ3) is 1.73. The second-order valence-corrected chi connectivity index (χ2v) is 6.20. The van der Waals surface area contributed by atoms with E-state index >= 15 is 0 Å². The highest BCUT2D eigenvalue weighted by atomic mass is 19.1. The molecule has 1 aromatic rings. The Morgan fingerprint density at radius 2 is 2.30 bits per heavy atom. The minimum atomic E-state index is -0.409. The summed E-state index contributed by atoms with van der Waals surface area (Å²) in [7, 11) is 0. The molecule has 3 aliphatic rings. The number of hydrogen-bond donors (Lipinski definition) is 0. The first-order valence-electron chi connectivity index (χ1n) is 7.20. The summed E-state index contributed by atoms with van der Waals surface area (Å²) in [6, 6.07) is 7.13. The maximum Gasteiger partial charge on any atom is 0.123 e. The Morgan fingerprint density at radius 1 is 1.40 bits per heavy atom. The predicted octanol–water partition coefficient (Wildman–Crippen LogP) is 2.98. The number of ether oxygens (including phenoxy) is 2. The second-order valence-electron chi connectivity index (χ2n) is 6.20. The van der Waals surface area contributed by atoms with Gasteiger partial charge in [0.2, 0.25) is 0 Å². The van der Waals surface area contributed by atoms with Crippen molar-refractivity contribution >= 4 is 0 Å². The van der Waals surface area contributed by atoms with Crippen molar-refractivity contribution in [2.24, 2.45) is 5.41 Å². The van der Waals surface area contributed by atoms with Crippen molar-refractivity contribution in [1.82, 2.24) is 0 Å². The van der Waals surface area contributed by atoms with Gasteiger partial charge in [0.05, 0.1) is 23.7 Å². The zero-order chi connectivity index (χ0) is 13.7. The summed E-state index contributed by atoms with van der Waals surface area (Å²) in [5, 5.41) is 9.61. The number of hydrogen-bond acceptors (Lipinski definition) is 3. The fourth-order valence-electron chi connectivity index (χ4n) is 3.99. The van der Waals surface area contributed by atoms with Crippen LogP contribution in [0.5, 0.6) is 5.75 Å². The molecule has 0 saturated carbocycles. The summed E-state index contributed by atoms with van der Waals surface area (Å²) in [5.74, 6) is 0.528. The minimum Gasteiger partial charge on any atom is -0.490 e. The molecule has 3 aliphatic heterocycles. The van der Waals surface area contributed by atoms with Gasteiger partial charge in [-0.05, 0) is 37.5 Å². The first-order valence-corrected chi connectivity index (χ1v) is 7.20. The van der Waals surface area contributed by atoms with Gasteiger partial charge in [0.15, 0.2) is 0 Å². The third-order valence-corrected chi connectivity index (χ3v) is 4.89.